The smallest absolute Gasteiger partial charge is 0.354 e. The number of imidazole rings is 1. The number of benzene rings is 1. The van der Waals surface area contributed by atoms with Crippen LogP contribution in [0.5, 0.6) is 0 Å². The summed E-state index contributed by atoms with van der Waals surface area (Å²) in [6, 6.07) is 10.7. The molecule has 2 aromatic heterocycles. The van der Waals surface area contributed by atoms with Gasteiger partial charge in [0.2, 0.25) is 0 Å². The molecule has 1 N–H and O–H groups in total. The van der Waals surface area contributed by atoms with Crippen molar-refractivity contribution in [3.05, 3.63) is 88.4 Å². The lowest BCUT2D eigenvalue weighted by atomic mass is 9.92. The third-order valence-corrected chi connectivity index (χ3v) is 8.06. The van der Waals surface area contributed by atoms with Crippen LogP contribution in [-0.2, 0) is 35.5 Å². The van der Waals surface area contributed by atoms with Gasteiger partial charge in [0.1, 0.15) is 17.4 Å². The lowest BCUT2D eigenvalue weighted by Crippen LogP contribution is -2.36. The van der Waals surface area contributed by atoms with Crippen molar-refractivity contribution >= 4 is 29.1 Å². The molecule has 5 rings (SSSR count). The average molecular weight is 580 g/mol. The predicted molar refractivity (Wildman–Crippen MR) is 156 cm³/mol. The van der Waals surface area contributed by atoms with E-state index in [2.05, 4.69) is 16.5 Å². The van der Waals surface area contributed by atoms with Gasteiger partial charge in [-0.3, -0.25) is 9.88 Å². The van der Waals surface area contributed by atoms with Crippen molar-refractivity contribution in [2.75, 3.05) is 19.7 Å². The third kappa shape index (κ3) is 7.28. The fourth-order valence-corrected chi connectivity index (χ4v) is 5.61. The number of pyridine rings is 1. The highest BCUT2D eigenvalue weighted by Crippen LogP contribution is 2.28. The summed E-state index contributed by atoms with van der Waals surface area (Å²) in [7, 11) is 0. The topological polar surface area (TPSA) is 92.8 Å². The van der Waals surface area contributed by atoms with Gasteiger partial charge in [0.15, 0.2) is 5.82 Å². The first-order valence-electron chi connectivity index (χ1n) is 14.0. The minimum Gasteiger partial charge on any atom is -0.477 e. The molecule has 216 valence electrons. The zero-order valence-electron chi connectivity index (χ0n) is 23.2. The molecule has 0 saturated carbocycles. The number of aryl methyl sites for hydroxylation is 1. The van der Waals surface area contributed by atoms with Gasteiger partial charge in [-0.2, -0.15) is 0 Å². The minimum atomic E-state index is -1.12. The van der Waals surface area contributed by atoms with Gasteiger partial charge in [-0.25, -0.2) is 19.2 Å². The fraction of sp³-hybridized carbons (Fsp3) is 0.419. The van der Waals surface area contributed by atoms with E-state index in [9.17, 15) is 14.3 Å². The van der Waals surface area contributed by atoms with Crippen molar-refractivity contribution in [1.29, 1.82) is 0 Å². The molecule has 0 aliphatic carbocycles. The maximum atomic E-state index is 14.3. The molecule has 0 bridgehead atoms. The van der Waals surface area contributed by atoms with Crippen LogP contribution in [0.3, 0.4) is 0 Å². The minimum absolute atomic E-state index is 0.0819. The molecule has 0 unspecified atom stereocenters. The second kappa shape index (κ2) is 13.1. The first-order valence-corrected chi connectivity index (χ1v) is 14.4. The number of hydrogen-bond donors (Lipinski definition) is 1. The monoisotopic (exact) mass is 579 g/mol. The summed E-state index contributed by atoms with van der Waals surface area (Å²) in [5.41, 5.74) is 3.05. The quantitative estimate of drug-likeness (QED) is 0.299. The number of carboxylic acid groups (broad SMARTS) is 1. The number of ether oxygens (including phenoxy) is 1. The van der Waals surface area contributed by atoms with Gasteiger partial charge >= 0.3 is 5.97 Å². The molecule has 10 heteroatoms. The number of carbonyl (C=O) groups is 1. The number of likely N-dealkylation sites (tertiary alicyclic amines) is 1. The molecule has 2 fully saturated rings. The number of nitrogens with zero attached hydrogens (tertiary/aromatic N) is 5. The molecule has 2 aliphatic rings. The Morgan fingerprint density at radius 3 is 2.63 bits per heavy atom. The van der Waals surface area contributed by atoms with Gasteiger partial charge in [0, 0.05) is 29.4 Å². The molecule has 0 amide bonds. The van der Waals surface area contributed by atoms with Gasteiger partial charge in [-0.05, 0) is 87.5 Å². The molecule has 41 heavy (non-hydrogen) atoms. The van der Waals surface area contributed by atoms with E-state index < -0.39 is 5.97 Å². The van der Waals surface area contributed by atoms with Crippen LogP contribution >= 0.6 is 11.6 Å². The second-order valence-corrected chi connectivity index (χ2v) is 11.2. The maximum Gasteiger partial charge on any atom is 0.354 e. The molecular weight excluding hydrogens is 545 g/mol. The van der Waals surface area contributed by atoms with E-state index in [1.54, 1.807) is 12.1 Å². The van der Waals surface area contributed by atoms with Crippen molar-refractivity contribution in [3.8, 4) is 0 Å². The Hall–Kier alpha value is -3.40. The zero-order chi connectivity index (χ0) is 28.9. The van der Waals surface area contributed by atoms with E-state index in [1.165, 1.54) is 12.1 Å². The Kier molecular flexibility index (Phi) is 9.27. The highest BCUT2D eigenvalue weighted by molar-refractivity contribution is 6.40. The van der Waals surface area contributed by atoms with Crippen molar-refractivity contribution in [1.82, 2.24) is 19.4 Å². The summed E-state index contributed by atoms with van der Waals surface area (Å²) in [4.78, 5) is 28.0. The van der Waals surface area contributed by atoms with Crippen LogP contribution in [0.15, 0.2) is 54.0 Å². The van der Waals surface area contributed by atoms with Crippen molar-refractivity contribution in [2.45, 2.75) is 58.2 Å². The number of aliphatic carboxylic acids is 1. The summed E-state index contributed by atoms with van der Waals surface area (Å²) >= 11 is 5.89. The van der Waals surface area contributed by atoms with Crippen LogP contribution in [0.25, 0.3) is 0 Å². The van der Waals surface area contributed by atoms with Gasteiger partial charge in [0.05, 0.1) is 24.9 Å². The molecule has 1 aromatic carbocycles. The van der Waals surface area contributed by atoms with Crippen LogP contribution < -0.4 is 0 Å². The number of piperidine rings is 1. The van der Waals surface area contributed by atoms with E-state index in [0.717, 1.165) is 62.6 Å². The summed E-state index contributed by atoms with van der Waals surface area (Å²) in [6.45, 7) is 9.30. The summed E-state index contributed by atoms with van der Waals surface area (Å²) in [5, 5.41) is 9.86. The molecule has 2 saturated heterocycles. The number of hydrogen-bond acceptors (Lipinski definition) is 6. The van der Waals surface area contributed by atoms with Crippen LogP contribution in [0.4, 0.5) is 10.2 Å². The molecule has 1 atom stereocenters. The summed E-state index contributed by atoms with van der Waals surface area (Å²) < 4.78 is 22.0. The molecular formula is C31H35ClFN5O3. The Morgan fingerprint density at radius 1 is 1.22 bits per heavy atom. The lowest BCUT2D eigenvalue weighted by Gasteiger charge is -2.32. The van der Waals surface area contributed by atoms with E-state index in [1.807, 2.05) is 29.7 Å². The normalized spacial score (nSPS) is 18.3. The molecule has 0 radical (unpaired) electrons. The van der Waals surface area contributed by atoms with Crippen LogP contribution in [-0.4, -0.2) is 62.0 Å². The fourth-order valence-electron chi connectivity index (χ4n) is 5.45. The molecule has 3 aromatic rings. The van der Waals surface area contributed by atoms with Crippen LogP contribution in [0.2, 0.25) is 5.02 Å². The molecule has 4 heterocycles. The average Bonchev–Trinajstić information content (AvgIpc) is 3.20. The van der Waals surface area contributed by atoms with E-state index in [4.69, 9.17) is 26.3 Å². The maximum absolute atomic E-state index is 14.3. The highest BCUT2D eigenvalue weighted by atomic mass is 35.5. The number of rotatable bonds is 11. The van der Waals surface area contributed by atoms with E-state index in [0.29, 0.717) is 47.5 Å². The van der Waals surface area contributed by atoms with Gasteiger partial charge in [-0.1, -0.05) is 30.3 Å². The van der Waals surface area contributed by atoms with Crippen molar-refractivity contribution in [2.24, 2.45) is 10.9 Å². The number of halogens is 2. The standard InChI is InChI=1S/C31H35ClFN5O3/c1-3-28(31(39)40)36-30-20(2)34-29(38(30)18-26-11-14-41-26)19-37-12-9-21(10-13-37)15-24-5-4-6-25(35-24)16-22-7-8-23(32)17-27(22)33/h3-8,17,21,26H,1,9-16,18-19H2,2H3,(H,39,40)/t26-/m0/s1. The van der Waals surface area contributed by atoms with Gasteiger partial charge in [0.25, 0.3) is 0 Å². The molecule has 2 aliphatic heterocycles. The van der Waals surface area contributed by atoms with Crippen molar-refractivity contribution in [3.63, 3.8) is 0 Å². The first kappa shape index (κ1) is 29.1. The molecule has 0 spiro atoms. The third-order valence-electron chi connectivity index (χ3n) is 7.83. The first-order chi connectivity index (χ1) is 19.8. The second-order valence-electron chi connectivity index (χ2n) is 10.8. The summed E-state index contributed by atoms with van der Waals surface area (Å²) in [5.74, 6) is 0.500. The predicted octanol–water partition coefficient (Wildman–Crippen LogP) is 5.56. The Morgan fingerprint density at radius 2 is 1.98 bits per heavy atom. The van der Waals surface area contributed by atoms with E-state index in [-0.39, 0.29) is 17.6 Å². The highest BCUT2D eigenvalue weighted by Gasteiger charge is 2.26. The van der Waals surface area contributed by atoms with Crippen LogP contribution in [0.1, 0.15) is 47.7 Å². The SMILES string of the molecule is C=CC(=Nc1c(C)nc(CN2CCC(Cc3cccc(Cc4ccc(Cl)cc4F)n3)CC2)n1C[C@@H]1CCO1)C(=O)O. The van der Waals surface area contributed by atoms with Crippen molar-refractivity contribution < 1.29 is 19.0 Å². The Labute approximate surface area is 244 Å². The number of aromatic nitrogens is 3. The zero-order valence-corrected chi connectivity index (χ0v) is 24.0. The van der Waals surface area contributed by atoms with Gasteiger partial charge in [-0.15, -0.1) is 0 Å². The molecule has 8 nitrogen and oxygen atoms in total. The van der Waals surface area contributed by atoms with Gasteiger partial charge < -0.3 is 14.4 Å². The lowest BCUT2D eigenvalue weighted by molar-refractivity contribution is -0.129. The Bertz CT molecular complexity index is 1440. The number of carboxylic acids is 1. The Balaban J connectivity index is 1.22. The van der Waals surface area contributed by atoms with E-state index >= 15 is 0 Å². The summed E-state index contributed by atoms with van der Waals surface area (Å²) in [6.07, 6.45) is 5.68. The number of aliphatic imine (C=N–C) groups is 1. The van der Waals surface area contributed by atoms with Crippen LogP contribution in [0, 0.1) is 18.7 Å². The largest absolute Gasteiger partial charge is 0.477 e.